The molecule has 2 aliphatic rings. The zero-order chi connectivity index (χ0) is 30.3. The predicted octanol–water partition coefficient (Wildman–Crippen LogP) is 3.33. The Labute approximate surface area is 241 Å². The molecule has 1 saturated carbocycles. The zero-order valence-corrected chi connectivity index (χ0v) is 25.3. The van der Waals surface area contributed by atoms with Crippen molar-refractivity contribution in [3.05, 3.63) is 46.3 Å². The lowest BCUT2D eigenvalue weighted by molar-refractivity contribution is -0.873. The molecular weight excluding hydrogens is 524 g/mol. The van der Waals surface area contributed by atoms with E-state index in [0.29, 0.717) is 53.5 Å². The highest BCUT2D eigenvalue weighted by molar-refractivity contribution is 6.00. The van der Waals surface area contributed by atoms with E-state index >= 15 is 0 Å². The van der Waals surface area contributed by atoms with Crippen LogP contribution >= 0.6 is 0 Å². The third-order valence-electron chi connectivity index (χ3n) is 7.80. The lowest BCUT2D eigenvalue weighted by Crippen LogP contribution is -2.44. The van der Waals surface area contributed by atoms with Gasteiger partial charge in [0.15, 0.2) is 11.9 Å². The van der Waals surface area contributed by atoms with E-state index in [1.165, 1.54) is 6.92 Å². The van der Waals surface area contributed by atoms with E-state index < -0.39 is 18.0 Å². The molecule has 10 heteroatoms. The summed E-state index contributed by atoms with van der Waals surface area (Å²) in [5.41, 5.74) is 9.91. The predicted molar refractivity (Wildman–Crippen MR) is 153 cm³/mol. The second-order valence-corrected chi connectivity index (χ2v) is 13.5. The van der Waals surface area contributed by atoms with Gasteiger partial charge in [-0.05, 0) is 67.7 Å². The summed E-state index contributed by atoms with van der Waals surface area (Å²) in [5, 5.41) is 4.71. The van der Waals surface area contributed by atoms with E-state index in [1.54, 1.807) is 6.07 Å². The topological polar surface area (TPSA) is 131 Å². The monoisotopic (exact) mass is 567 g/mol. The van der Waals surface area contributed by atoms with Crippen LogP contribution in [0.5, 0.6) is 0 Å². The number of nitrogens with two attached hydrogens (primary N) is 1. The molecule has 1 fully saturated rings. The number of rotatable bonds is 10. The molecule has 1 atom stereocenters. The summed E-state index contributed by atoms with van der Waals surface area (Å²) < 4.78 is 13.4. The van der Waals surface area contributed by atoms with Crippen molar-refractivity contribution in [3.8, 4) is 5.69 Å². The van der Waals surface area contributed by atoms with Crippen molar-refractivity contribution in [2.45, 2.75) is 78.4 Å². The third-order valence-corrected chi connectivity index (χ3v) is 7.80. The van der Waals surface area contributed by atoms with Gasteiger partial charge in [0.1, 0.15) is 12.6 Å². The number of aromatic nitrogens is 2. The van der Waals surface area contributed by atoms with Gasteiger partial charge in [-0.1, -0.05) is 13.8 Å². The smallest absolute Gasteiger partial charge is 0.310 e. The molecule has 1 unspecified atom stereocenters. The highest BCUT2D eigenvalue weighted by atomic mass is 16.6. The van der Waals surface area contributed by atoms with Crippen LogP contribution in [-0.2, 0) is 31.9 Å². The number of nitrogens with zero attached hydrogens (tertiary/aromatic N) is 3. The Morgan fingerprint density at radius 2 is 1.85 bits per heavy atom. The number of ketones is 1. The third kappa shape index (κ3) is 7.41. The van der Waals surface area contributed by atoms with Crippen LogP contribution in [0.4, 0.5) is 0 Å². The summed E-state index contributed by atoms with van der Waals surface area (Å²) in [6.07, 6.45) is 2.40. The van der Waals surface area contributed by atoms with Crippen LogP contribution < -0.4 is 5.73 Å². The van der Waals surface area contributed by atoms with Crippen molar-refractivity contribution < 1.29 is 33.1 Å². The molecule has 2 N–H and O–H groups in total. The number of primary amides is 1. The van der Waals surface area contributed by atoms with Gasteiger partial charge in [-0.2, -0.15) is 5.10 Å². The molecule has 0 saturated heterocycles. The molecule has 41 heavy (non-hydrogen) atoms. The molecule has 1 aromatic heterocycles. The number of ether oxygens (including phenoxy) is 2. The summed E-state index contributed by atoms with van der Waals surface area (Å²) in [6.45, 7) is 7.86. The molecule has 1 heterocycles. The van der Waals surface area contributed by atoms with Crippen molar-refractivity contribution in [3.63, 3.8) is 0 Å². The number of hydrogen-bond donors (Lipinski definition) is 1. The minimum Gasteiger partial charge on any atom is -0.462 e. The number of esters is 2. The van der Waals surface area contributed by atoms with E-state index in [2.05, 4.69) is 13.8 Å². The van der Waals surface area contributed by atoms with Gasteiger partial charge >= 0.3 is 11.9 Å². The van der Waals surface area contributed by atoms with E-state index in [9.17, 15) is 19.2 Å². The Kier molecular flexibility index (Phi) is 8.45. The van der Waals surface area contributed by atoms with E-state index in [4.69, 9.17) is 20.3 Å². The minimum atomic E-state index is -0.547. The fraction of sp³-hybridized carbons (Fsp3) is 0.581. The molecule has 2 aromatic rings. The van der Waals surface area contributed by atoms with Gasteiger partial charge in [0, 0.05) is 18.9 Å². The molecule has 10 nitrogen and oxygen atoms in total. The number of Topliss-reactive ketones (excluding diaryl/α,β-unsaturated/α-hetero) is 1. The Morgan fingerprint density at radius 3 is 2.46 bits per heavy atom. The quantitative estimate of drug-likeness (QED) is 0.344. The summed E-state index contributed by atoms with van der Waals surface area (Å²) in [6, 6.07) is 5.49. The van der Waals surface area contributed by atoms with Crippen LogP contribution in [0.1, 0.15) is 84.1 Å². The number of carbonyl (C=O) groups is 4. The van der Waals surface area contributed by atoms with Gasteiger partial charge in [0.05, 0.1) is 50.2 Å². The van der Waals surface area contributed by atoms with Crippen molar-refractivity contribution in [1.29, 1.82) is 0 Å². The fourth-order valence-corrected chi connectivity index (χ4v) is 6.13. The van der Waals surface area contributed by atoms with Crippen LogP contribution in [0.25, 0.3) is 5.69 Å². The highest BCUT2D eigenvalue weighted by Crippen LogP contribution is 2.38. The number of benzene rings is 1. The van der Waals surface area contributed by atoms with Crippen molar-refractivity contribution in [1.82, 2.24) is 9.78 Å². The first-order valence-corrected chi connectivity index (χ1v) is 14.2. The zero-order valence-electron chi connectivity index (χ0n) is 25.3. The molecule has 1 aromatic carbocycles. The largest absolute Gasteiger partial charge is 0.462 e. The Balaban J connectivity index is 1.44. The van der Waals surface area contributed by atoms with Crippen LogP contribution in [0.15, 0.2) is 18.2 Å². The van der Waals surface area contributed by atoms with Crippen LogP contribution in [0.2, 0.25) is 0 Å². The number of carbonyl (C=O) groups excluding carboxylic acids is 4. The lowest BCUT2D eigenvalue weighted by atomic mass is 9.75. The number of fused-ring (bicyclic) bond motifs is 1. The Morgan fingerprint density at radius 1 is 1.17 bits per heavy atom. The van der Waals surface area contributed by atoms with E-state index in [1.807, 2.05) is 44.9 Å². The molecule has 0 aliphatic heterocycles. The van der Waals surface area contributed by atoms with Crippen LogP contribution in [-0.4, -0.2) is 77.8 Å². The average molecular weight is 568 g/mol. The van der Waals surface area contributed by atoms with Gasteiger partial charge < -0.3 is 19.7 Å². The molecule has 4 rings (SSSR count). The summed E-state index contributed by atoms with van der Waals surface area (Å²) >= 11 is 0. The maximum Gasteiger partial charge on any atom is 0.310 e. The number of amides is 1. The average Bonchev–Trinajstić information content (AvgIpc) is 3.10. The summed E-state index contributed by atoms with van der Waals surface area (Å²) in [4.78, 5) is 49.2. The van der Waals surface area contributed by atoms with Crippen molar-refractivity contribution in [2.75, 3.05) is 27.7 Å². The molecule has 0 bridgehead atoms. The Bertz CT molecular complexity index is 1360. The normalized spacial score (nSPS) is 20.5. The number of quaternary nitrogens is 1. The molecular formula is C31H43N4O6+. The van der Waals surface area contributed by atoms with Gasteiger partial charge in [-0.3, -0.25) is 19.2 Å². The molecule has 1 amide bonds. The summed E-state index contributed by atoms with van der Waals surface area (Å²) in [5.74, 6) is -0.985. The van der Waals surface area contributed by atoms with E-state index in [0.717, 1.165) is 23.4 Å². The maximum absolute atomic E-state index is 12.9. The SMILES string of the molecule is CC(=O)OC(CC(=O)OC1CC(Cc2cc(-n3nc(C)c4c3CC(C)(C)CC4=O)ccc2C(N)=O)C1)C[N+](C)(C)C. The molecule has 222 valence electrons. The first-order valence-electron chi connectivity index (χ1n) is 14.2. The second-order valence-electron chi connectivity index (χ2n) is 13.5. The van der Waals surface area contributed by atoms with Gasteiger partial charge in [0.2, 0.25) is 5.91 Å². The van der Waals surface area contributed by atoms with Crippen molar-refractivity contribution in [2.24, 2.45) is 17.1 Å². The van der Waals surface area contributed by atoms with Crippen LogP contribution in [0, 0.1) is 18.3 Å². The second kappa shape index (κ2) is 11.4. The maximum atomic E-state index is 12.9. The molecule has 0 spiro atoms. The molecule has 2 aliphatic carbocycles. The minimum absolute atomic E-state index is 0.0110. The number of aryl methyl sites for hydroxylation is 1. The fourth-order valence-electron chi connectivity index (χ4n) is 6.13. The lowest BCUT2D eigenvalue weighted by Gasteiger charge is -2.35. The number of hydrogen-bond acceptors (Lipinski definition) is 7. The van der Waals surface area contributed by atoms with Crippen molar-refractivity contribution >= 4 is 23.6 Å². The first-order chi connectivity index (χ1) is 19.0. The Hall–Kier alpha value is -3.53. The van der Waals surface area contributed by atoms with E-state index in [-0.39, 0.29) is 35.6 Å². The van der Waals surface area contributed by atoms with Crippen LogP contribution in [0.3, 0.4) is 0 Å². The van der Waals surface area contributed by atoms with Gasteiger partial charge in [-0.25, -0.2) is 4.68 Å². The van der Waals surface area contributed by atoms with Gasteiger partial charge in [0.25, 0.3) is 0 Å². The first kappa shape index (κ1) is 30.4. The highest BCUT2D eigenvalue weighted by Gasteiger charge is 2.37. The molecule has 0 radical (unpaired) electrons. The standard InChI is InChI=1S/C31H42N4O6/c1-18-29-26(15-31(3,4)16-27(29)37)34(33-18)22-8-9-25(30(32)39)21(13-22)10-20-11-23(12-20)41-28(38)14-24(40-19(2)36)17-35(5,6)7/h8-9,13,20,23-24H,10-12,14-17H2,1-7H3,(H-,32,39)/p+1. The summed E-state index contributed by atoms with van der Waals surface area (Å²) in [7, 11) is 5.91. The van der Waals surface area contributed by atoms with Gasteiger partial charge in [-0.15, -0.1) is 0 Å². The number of likely N-dealkylation sites (N-methyl/N-ethyl adjacent to an activating group) is 1.